The van der Waals surface area contributed by atoms with Crippen molar-refractivity contribution in [3.8, 4) is 5.75 Å². The number of nitrogens with zero attached hydrogens (tertiary/aromatic N) is 2. The van der Waals surface area contributed by atoms with E-state index in [0.29, 0.717) is 37.3 Å². The molecule has 1 aromatic carbocycles. The number of unbranched alkanes of at least 4 members (excludes halogenated alkanes) is 1. The Morgan fingerprint density at radius 3 is 2.46 bits per heavy atom. The van der Waals surface area contributed by atoms with Gasteiger partial charge >= 0.3 is 5.97 Å². The number of carbonyl (C=O) groups is 2. The van der Waals surface area contributed by atoms with E-state index >= 15 is 0 Å². The number of fused-ring (bicyclic) bond motifs is 1. The standard InChI is InChI=1S/C24H28N6O7S.ClH/c25-24(26)27-9-4-5-11-37-18-8-10-30-17(14-18)12-16(13-21(30)31)22(32)28-15-20(23(33)34)29-38(35,36)19-6-2-1-3-7-19;/h1-3,6-8,10,12-14,20,29H,4-5,9,11,15H2,(H,28,32)(H,33,34)(H4,25,26,27);1H/t20-;/m0./s1. The number of rotatable bonds is 13. The van der Waals surface area contributed by atoms with Crippen molar-refractivity contribution in [2.45, 2.75) is 23.8 Å². The van der Waals surface area contributed by atoms with E-state index in [9.17, 15) is 27.9 Å². The molecule has 0 spiro atoms. The summed E-state index contributed by atoms with van der Waals surface area (Å²) in [5, 5.41) is 11.8. The van der Waals surface area contributed by atoms with Gasteiger partial charge in [0.05, 0.1) is 17.0 Å². The number of aliphatic imine (C=N–C) groups is 1. The summed E-state index contributed by atoms with van der Waals surface area (Å²) in [5.74, 6) is -1.73. The third-order valence-corrected chi connectivity index (χ3v) is 6.76. The van der Waals surface area contributed by atoms with Gasteiger partial charge in [0.1, 0.15) is 11.8 Å². The highest BCUT2D eigenvalue weighted by molar-refractivity contribution is 7.89. The summed E-state index contributed by atoms with van der Waals surface area (Å²) in [5.41, 5.74) is 10.4. The predicted molar refractivity (Wildman–Crippen MR) is 147 cm³/mol. The van der Waals surface area contributed by atoms with Crippen LogP contribution in [-0.2, 0) is 14.8 Å². The van der Waals surface area contributed by atoms with Gasteiger partial charge in [-0.15, -0.1) is 12.4 Å². The van der Waals surface area contributed by atoms with E-state index in [2.05, 4.69) is 15.0 Å². The number of nitrogens with one attached hydrogen (secondary N) is 2. The van der Waals surface area contributed by atoms with E-state index in [4.69, 9.17) is 16.2 Å². The number of carboxylic acids is 1. The first-order valence-corrected chi connectivity index (χ1v) is 13.0. The lowest BCUT2D eigenvalue weighted by Gasteiger charge is -2.16. The predicted octanol–water partition coefficient (Wildman–Crippen LogP) is 0.315. The van der Waals surface area contributed by atoms with Gasteiger partial charge in [-0.3, -0.25) is 23.8 Å². The minimum Gasteiger partial charge on any atom is -0.493 e. The van der Waals surface area contributed by atoms with E-state index in [0.717, 1.165) is 6.07 Å². The summed E-state index contributed by atoms with van der Waals surface area (Å²) in [6.07, 6.45) is 2.91. The molecule has 0 radical (unpaired) electrons. The van der Waals surface area contributed by atoms with Crippen LogP contribution in [0.15, 0.2) is 75.5 Å². The summed E-state index contributed by atoms with van der Waals surface area (Å²) in [6, 6.07) is 11.3. The molecule has 7 N–H and O–H groups in total. The fourth-order valence-corrected chi connectivity index (χ4v) is 4.59. The molecule has 0 aliphatic carbocycles. The van der Waals surface area contributed by atoms with Crippen LogP contribution in [0.5, 0.6) is 5.75 Å². The van der Waals surface area contributed by atoms with Crippen LogP contribution in [0, 0.1) is 0 Å². The van der Waals surface area contributed by atoms with Crippen LogP contribution in [0.2, 0.25) is 0 Å². The first-order valence-electron chi connectivity index (χ1n) is 11.5. The fraction of sp³-hybridized carbons (Fsp3) is 0.250. The Labute approximate surface area is 230 Å². The quantitative estimate of drug-likeness (QED) is 0.107. The average molecular weight is 581 g/mol. The first kappa shape index (κ1) is 31.1. The minimum absolute atomic E-state index is 0. The van der Waals surface area contributed by atoms with Gasteiger partial charge in [-0.25, -0.2) is 8.42 Å². The third-order valence-electron chi connectivity index (χ3n) is 5.27. The smallest absolute Gasteiger partial charge is 0.323 e. The number of guanidine groups is 1. The molecule has 0 aliphatic heterocycles. The molecule has 0 aliphatic rings. The van der Waals surface area contributed by atoms with Gasteiger partial charge in [0.25, 0.3) is 11.5 Å². The number of aliphatic carboxylic acids is 1. The molecular formula is C24H29ClN6O7S. The summed E-state index contributed by atoms with van der Waals surface area (Å²) < 4.78 is 34.0. The number of amides is 1. The Hall–Kier alpha value is -4.14. The van der Waals surface area contributed by atoms with Gasteiger partial charge in [0.2, 0.25) is 10.0 Å². The number of sulfonamides is 1. The highest BCUT2D eigenvalue weighted by atomic mass is 35.5. The van der Waals surface area contributed by atoms with Crippen molar-refractivity contribution in [3.05, 3.63) is 76.7 Å². The highest BCUT2D eigenvalue weighted by Crippen LogP contribution is 2.15. The largest absolute Gasteiger partial charge is 0.493 e. The molecule has 0 saturated carbocycles. The van der Waals surface area contributed by atoms with Crippen molar-refractivity contribution >= 4 is 45.8 Å². The van der Waals surface area contributed by atoms with Gasteiger partial charge in [0, 0.05) is 37.0 Å². The average Bonchev–Trinajstić information content (AvgIpc) is 2.88. The number of carboxylic acid groups (broad SMARTS) is 1. The molecule has 0 bridgehead atoms. The molecule has 0 fully saturated rings. The Morgan fingerprint density at radius 2 is 1.79 bits per heavy atom. The summed E-state index contributed by atoms with van der Waals surface area (Å²) in [7, 11) is -4.14. The molecule has 3 aromatic rings. The third kappa shape index (κ3) is 8.98. The second-order valence-electron chi connectivity index (χ2n) is 8.14. The summed E-state index contributed by atoms with van der Waals surface area (Å²) >= 11 is 0. The molecule has 2 aromatic heterocycles. The molecular weight excluding hydrogens is 552 g/mol. The van der Waals surface area contributed by atoms with Crippen molar-refractivity contribution in [1.29, 1.82) is 0 Å². The van der Waals surface area contributed by atoms with Crippen molar-refractivity contribution in [2.24, 2.45) is 16.5 Å². The SMILES string of the molecule is Cl.NC(N)=NCCCCOc1ccn2c(=O)cc(C(=O)NC[C@H](NS(=O)(=O)c3ccccc3)C(=O)O)cc2c1. The molecule has 0 unspecified atom stereocenters. The Balaban J connectivity index is 0.00000533. The van der Waals surface area contributed by atoms with Crippen molar-refractivity contribution in [2.75, 3.05) is 19.7 Å². The number of ether oxygens (including phenoxy) is 1. The van der Waals surface area contributed by atoms with Crippen LogP contribution in [0.1, 0.15) is 23.2 Å². The molecule has 39 heavy (non-hydrogen) atoms. The number of benzene rings is 1. The lowest BCUT2D eigenvalue weighted by Crippen LogP contribution is -2.48. The number of hydrogen-bond acceptors (Lipinski definition) is 7. The number of pyridine rings is 2. The van der Waals surface area contributed by atoms with Crippen LogP contribution in [-0.4, -0.2) is 61.5 Å². The van der Waals surface area contributed by atoms with Gasteiger partial charge in [-0.2, -0.15) is 4.72 Å². The van der Waals surface area contributed by atoms with E-state index in [-0.39, 0.29) is 28.8 Å². The molecule has 1 atom stereocenters. The van der Waals surface area contributed by atoms with Crippen molar-refractivity contribution < 1.29 is 27.9 Å². The Morgan fingerprint density at radius 1 is 1.08 bits per heavy atom. The second kappa shape index (κ2) is 14.1. The maximum atomic E-state index is 12.7. The van der Waals surface area contributed by atoms with E-state index < -0.39 is 40.0 Å². The molecule has 3 rings (SSSR count). The van der Waals surface area contributed by atoms with Crippen LogP contribution >= 0.6 is 12.4 Å². The zero-order chi connectivity index (χ0) is 27.7. The molecule has 13 nitrogen and oxygen atoms in total. The number of carbonyl (C=O) groups excluding carboxylic acids is 1. The molecule has 210 valence electrons. The Kier molecular flexibility index (Phi) is 11.3. The zero-order valence-electron chi connectivity index (χ0n) is 20.6. The number of halogens is 1. The highest BCUT2D eigenvalue weighted by Gasteiger charge is 2.26. The van der Waals surface area contributed by atoms with Crippen LogP contribution in [0.4, 0.5) is 0 Å². The van der Waals surface area contributed by atoms with E-state index in [1.54, 1.807) is 18.2 Å². The summed E-state index contributed by atoms with van der Waals surface area (Å²) in [4.78, 5) is 40.6. The fourth-order valence-electron chi connectivity index (χ4n) is 3.38. The van der Waals surface area contributed by atoms with Gasteiger partial charge in [-0.1, -0.05) is 18.2 Å². The molecule has 15 heteroatoms. The lowest BCUT2D eigenvalue weighted by atomic mass is 10.2. The van der Waals surface area contributed by atoms with Gasteiger partial charge in [-0.05, 0) is 37.1 Å². The topological polar surface area (TPSA) is 208 Å². The van der Waals surface area contributed by atoms with Gasteiger partial charge < -0.3 is 26.6 Å². The molecule has 2 heterocycles. The maximum Gasteiger partial charge on any atom is 0.323 e. The van der Waals surface area contributed by atoms with E-state index in [1.165, 1.54) is 40.9 Å². The first-order chi connectivity index (χ1) is 18.1. The van der Waals surface area contributed by atoms with E-state index in [1.807, 2.05) is 0 Å². The lowest BCUT2D eigenvalue weighted by molar-refractivity contribution is -0.138. The van der Waals surface area contributed by atoms with Crippen LogP contribution in [0.25, 0.3) is 5.52 Å². The number of aromatic nitrogens is 1. The number of hydrogen-bond donors (Lipinski definition) is 5. The molecule has 1 amide bonds. The number of nitrogens with two attached hydrogens (primary N) is 2. The van der Waals surface area contributed by atoms with Gasteiger partial charge in [0.15, 0.2) is 5.96 Å². The normalized spacial score (nSPS) is 11.7. The zero-order valence-corrected chi connectivity index (χ0v) is 22.3. The minimum atomic E-state index is -4.14. The molecule has 0 saturated heterocycles. The maximum absolute atomic E-state index is 12.7. The van der Waals surface area contributed by atoms with Crippen molar-refractivity contribution in [1.82, 2.24) is 14.4 Å². The van der Waals surface area contributed by atoms with Crippen molar-refractivity contribution in [3.63, 3.8) is 0 Å². The second-order valence-corrected chi connectivity index (χ2v) is 9.85. The monoisotopic (exact) mass is 580 g/mol. The van der Waals surface area contributed by atoms with Crippen LogP contribution in [0.3, 0.4) is 0 Å². The Bertz CT molecular complexity index is 1490. The summed E-state index contributed by atoms with van der Waals surface area (Å²) in [6.45, 7) is 0.312. The van der Waals surface area contributed by atoms with Crippen LogP contribution < -0.4 is 31.8 Å².